The Bertz CT molecular complexity index is 1410. The Balaban J connectivity index is 2.07. The standard InChI is InChI=1S/C30H35Cl2N3O4S/c1-5-28(30(37)33-18-21(2)3)34(19-23-11-9-10-22(4)14-23)29(36)20-35(26-16-24(31)15-25(32)17-26)40(38,39)27-12-7-6-8-13-27/h6-17,21,28H,5,18-20H2,1-4H3,(H,33,37). The molecule has 0 radical (unpaired) electrons. The van der Waals surface area contributed by atoms with Gasteiger partial charge < -0.3 is 10.2 Å². The lowest BCUT2D eigenvalue weighted by molar-refractivity contribution is -0.140. The van der Waals surface area contributed by atoms with Crippen molar-refractivity contribution in [2.24, 2.45) is 5.92 Å². The molecule has 3 rings (SSSR count). The first-order valence-corrected chi connectivity index (χ1v) is 15.3. The number of anilines is 1. The highest BCUT2D eigenvalue weighted by Crippen LogP contribution is 2.30. The van der Waals surface area contributed by atoms with Crippen molar-refractivity contribution in [3.05, 3.63) is 94.0 Å². The number of carbonyl (C=O) groups excluding carboxylic acids is 2. The van der Waals surface area contributed by atoms with Crippen molar-refractivity contribution < 1.29 is 18.0 Å². The first-order chi connectivity index (χ1) is 18.9. The SMILES string of the molecule is CCC(C(=O)NCC(C)C)N(Cc1cccc(C)c1)C(=O)CN(c1cc(Cl)cc(Cl)c1)S(=O)(=O)c1ccccc1. The van der Waals surface area contributed by atoms with Crippen LogP contribution in [0, 0.1) is 12.8 Å². The van der Waals surface area contributed by atoms with Crippen LogP contribution >= 0.6 is 23.2 Å². The maximum atomic E-state index is 14.1. The summed E-state index contributed by atoms with van der Waals surface area (Å²) >= 11 is 12.5. The molecule has 0 bridgehead atoms. The van der Waals surface area contributed by atoms with Crippen molar-refractivity contribution in [1.29, 1.82) is 0 Å². The summed E-state index contributed by atoms with van der Waals surface area (Å²) in [5.74, 6) is -0.606. The Hall–Kier alpha value is -3.07. The number of carbonyl (C=O) groups is 2. The molecule has 1 unspecified atom stereocenters. The summed E-state index contributed by atoms with van der Waals surface area (Å²) in [6, 6.07) is 19.0. The number of sulfonamides is 1. The van der Waals surface area contributed by atoms with Gasteiger partial charge in [-0.15, -0.1) is 0 Å². The quantitative estimate of drug-likeness (QED) is 0.272. The van der Waals surface area contributed by atoms with Crippen LogP contribution in [-0.4, -0.2) is 44.3 Å². The van der Waals surface area contributed by atoms with Gasteiger partial charge in [-0.25, -0.2) is 8.42 Å². The summed E-state index contributed by atoms with van der Waals surface area (Å²) < 4.78 is 28.7. The van der Waals surface area contributed by atoms with Gasteiger partial charge in [-0.1, -0.05) is 92.0 Å². The third-order valence-electron chi connectivity index (χ3n) is 6.25. The van der Waals surface area contributed by atoms with E-state index in [9.17, 15) is 18.0 Å². The van der Waals surface area contributed by atoms with Crippen LogP contribution < -0.4 is 9.62 Å². The topological polar surface area (TPSA) is 86.8 Å². The number of benzene rings is 3. The number of nitrogens with one attached hydrogen (secondary N) is 1. The highest BCUT2D eigenvalue weighted by Gasteiger charge is 2.34. The average Bonchev–Trinajstić information content (AvgIpc) is 2.90. The Morgan fingerprint density at radius 1 is 0.925 bits per heavy atom. The first kappa shape index (κ1) is 31.5. The summed E-state index contributed by atoms with van der Waals surface area (Å²) in [4.78, 5) is 28.8. The molecule has 10 heteroatoms. The van der Waals surface area contributed by atoms with E-state index in [1.165, 1.54) is 35.2 Å². The van der Waals surface area contributed by atoms with Crippen molar-refractivity contribution in [2.75, 3.05) is 17.4 Å². The van der Waals surface area contributed by atoms with Crippen molar-refractivity contribution in [2.45, 2.75) is 51.6 Å². The minimum absolute atomic E-state index is 0.00542. The maximum Gasteiger partial charge on any atom is 0.264 e. The summed E-state index contributed by atoms with van der Waals surface area (Å²) in [6.07, 6.45) is 0.343. The number of nitrogens with zero attached hydrogens (tertiary/aromatic N) is 2. The smallest absolute Gasteiger partial charge is 0.264 e. The Morgan fingerprint density at radius 2 is 1.57 bits per heavy atom. The number of aryl methyl sites for hydroxylation is 1. The molecule has 2 amide bonds. The lowest BCUT2D eigenvalue weighted by atomic mass is 10.1. The van der Waals surface area contributed by atoms with Gasteiger partial charge in [-0.3, -0.25) is 13.9 Å². The Morgan fingerprint density at radius 3 is 2.15 bits per heavy atom. The number of hydrogen-bond acceptors (Lipinski definition) is 4. The molecule has 0 saturated heterocycles. The van der Waals surface area contributed by atoms with Crippen LogP contribution in [0.4, 0.5) is 5.69 Å². The van der Waals surface area contributed by atoms with Crippen LogP contribution in [0.25, 0.3) is 0 Å². The fourth-order valence-corrected chi connectivity index (χ4v) is 6.21. The van der Waals surface area contributed by atoms with E-state index < -0.39 is 28.5 Å². The average molecular weight is 605 g/mol. The third kappa shape index (κ3) is 8.22. The zero-order chi connectivity index (χ0) is 29.4. The van der Waals surface area contributed by atoms with Crippen molar-refractivity contribution >= 4 is 50.7 Å². The highest BCUT2D eigenvalue weighted by molar-refractivity contribution is 7.92. The second kappa shape index (κ2) is 14.0. The van der Waals surface area contributed by atoms with E-state index in [4.69, 9.17) is 23.2 Å². The van der Waals surface area contributed by atoms with Crippen LogP contribution in [0.3, 0.4) is 0 Å². The van der Waals surface area contributed by atoms with Gasteiger partial charge >= 0.3 is 0 Å². The predicted octanol–water partition coefficient (Wildman–Crippen LogP) is 6.08. The number of amides is 2. The molecule has 0 aliphatic carbocycles. The molecular formula is C30H35Cl2N3O4S. The summed E-state index contributed by atoms with van der Waals surface area (Å²) in [6.45, 7) is 7.76. The number of hydrogen-bond donors (Lipinski definition) is 1. The molecular weight excluding hydrogens is 569 g/mol. The van der Waals surface area contributed by atoms with Crippen LogP contribution in [0.1, 0.15) is 38.3 Å². The molecule has 0 heterocycles. The molecule has 214 valence electrons. The van der Waals surface area contributed by atoms with E-state index in [-0.39, 0.29) is 39.0 Å². The minimum atomic E-state index is -4.20. The molecule has 40 heavy (non-hydrogen) atoms. The third-order valence-corrected chi connectivity index (χ3v) is 8.48. The van der Waals surface area contributed by atoms with Gasteiger partial charge in [0, 0.05) is 23.1 Å². The molecule has 0 saturated carbocycles. The molecule has 0 fully saturated rings. The lowest BCUT2D eigenvalue weighted by Gasteiger charge is -2.33. The monoisotopic (exact) mass is 603 g/mol. The molecule has 7 nitrogen and oxygen atoms in total. The normalized spacial score (nSPS) is 12.2. The molecule has 0 aromatic heterocycles. The molecule has 3 aromatic rings. The van der Waals surface area contributed by atoms with E-state index in [1.807, 2.05) is 52.0 Å². The molecule has 0 spiro atoms. The zero-order valence-electron chi connectivity index (χ0n) is 23.1. The molecule has 3 aromatic carbocycles. The second-order valence-electron chi connectivity index (χ2n) is 10.0. The summed E-state index contributed by atoms with van der Waals surface area (Å²) in [5.41, 5.74) is 1.97. The zero-order valence-corrected chi connectivity index (χ0v) is 25.4. The van der Waals surface area contributed by atoms with Crippen LogP contribution in [0.15, 0.2) is 77.7 Å². The van der Waals surface area contributed by atoms with Gasteiger partial charge in [0.25, 0.3) is 10.0 Å². The van der Waals surface area contributed by atoms with Gasteiger partial charge in [-0.05, 0) is 55.2 Å². The van der Waals surface area contributed by atoms with E-state index in [1.54, 1.807) is 18.2 Å². The Kier molecular flexibility index (Phi) is 11.0. The summed E-state index contributed by atoms with van der Waals surface area (Å²) in [7, 11) is -4.20. The number of rotatable bonds is 12. The van der Waals surface area contributed by atoms with E-state index >= 15 is 0 Å². The highest BCUT2D eigenvalue weighted by atomic mass is 35.5. The Labute approximate surface area is 247 Å². The van der Waals surface area contributed by atoms with E-state index in [0.717, 1.165) is 15.4 Å². The van der Waals surface area contributed by atoms with Gasteiger partial charge in [0.15, 0.2) is 0 Å². The van der Waals surface area contributed by atoms with Crippen molar-refractivity contribution in [3.63, 3.8) is 0 Å². The predicted molar refractivity (Wildman–Crippen MR) is 161 cm³/mol. The maximum absolute atomic E-state index is 14.1. The largest absolute Gasteiger partial charge is 0.354 e. The van der Waals surface area contributed by atoms with E-state index in [2.05, 4.69) is 5.32 Å². The second-order valence-corrected chi connectivity index (χ2v) is 12.8. The first-order valence-electron chi connectivity index (χ1n) is 13.1. The fraction of sp³-hybridized carbons (Fsp3) is 0.333. The van der Waals surface area contributed by atoms with Crippen LogP contribution in [0.5, 0.6) is 0 Å². The molecule has 1 atom stereocenters. The minimum Gasteiger partial charge on any atom is -0.354 e. The lowest BCUT2D eigenvalue weighted by Crippen LogP contribution is -2.52. The molecule has 1 N–H and O–H groups in total. The van der Waals surface area contributed by atoms with E-state index in [0.29, 0.717) is 13.0 Å². The summed E-state index contributed by atoms with van der Waals surface area (Å²) in [5, 5.41) is 3.37. The fourth-order valence-electron chi connectivity index (χ4n) is 4.28. The van der Waals surface area contributed by atoms with Crippen molar-refractivity contribution in [3.8, 4) is 0 Å². The van der Waals surface area contributed by atoms with Gasteiger partial charge in [-0.2, -0.15) is 0 Å². The molecule has 0 aliphatic heterocycles. The van der Waals surface area contributed by atoms with Crippen molar-refractivity contribution in [1.82, 2.24) is 10.2 Å². The molecule has 0 aliphatic rings. The van der Waals surface area contributed by atoms with Gasteiger partial charge in [0.2, 0.25) is 11.8 Å². The van der Waals surface area contributed by atoms with Gasteiger partial charge in [0.05, 0.1) is 10.6 Å². The number of halogens is 2. The van der Waals surface area contributed by atoms with Crippen LogP contribution in [0.2, 0.25) is 10.0 Å². The van der Waals surface area contributed by atoms with Gasteiger partial charge in [0.1, 0.15) is 12.6 Å². The van der Waals surface area contributed by atoms with Crippen LogP contribution in [-0.2, 0) is 26.2 Å².